The fourth-order valence-electron chi connectivity index (χ4n) is 5.65. The number of nitrogens with one attached hydrogen (secondary N) is 1. The van der Waals surface area contributed by atoms with E-state index in [1.807, 2.05) is 131 Å². The molecule has 0 saturated heterocycles. The van der Waals surface area contributed by atoms with Gasteiger partial charge in [-0.15, -0.1) is 11.3 Å². The molecule has 1 atom stereocenters. The number of benzene rings is 4. The molecule has 1 N–H and O–H groups in total. The number of imidazole rings is 1. The van der Waals surface area contributed by atoms with Crippen LogP contribution >= 0.6 is 11.3 Å². The Bertz CT molecular complexity index is 1850. The molecule has 0 bridgehead atoms. The number of aromatic nitrogens is 2. The van der Waals surface area contributed by atoms with E-state index in [1.54, 1.807) is 0 Å². The molecule has 6 aromatic rings. The smallest absolute Gasteiger partial charge is 0.270 e. The molecule has 0 fully saturated rings. The van der Waals surface area contributed by atoms with Crippen LogP contribution in [0.3, 0.4) is 0 Å². The molecule has 4 aromatic carbocycles. The van der Waals surface area contributed by atoms with Gasteiger partial charge in [-0.2, -0.15) is 0 Å². The molecule has 0 aliphatic carbocycles. The molecule has 7 heteroatoms. The average Bonchev–Trinajstić information content (AvgIpc) is 3.65. The summed E-state index contributed by atoms with van der Waals surface area (Å²) in [5.74, 6) is -0.267. The molecule has 2 amide bonds. The van der Waals surface area contributed by atoms with Gasteiger partial charge in [0.05, 0.1) is 11.7 Å². The number of thiazole rings is 1. The maximum Gasteiger partial charge on any atom is 0.270 e. The van der Waals surface area contributed by atoms with Crippen molar-refractivity contribution in [3.05, 3.63) is 155 Å². The van der Waals surface area contributed by atoms with Gasteiger partial charge in [0.15, 0.2) is 4.96 Å². The fourth-order valence-corrected chi connectivity index (χ4v) is 6.41. The fraction of sp³-hybridized carbons (Fsp3) is 0.162. The summed E-state index contributed by atoms with van der Waals surface area (Å²) < 4.78 is 1.83. The molecule has 6 nitrogen and oxygen atoms in total. The minimum atomic E-state index is -0.276. The van der Waals surface area contributed by atoms with Gasteiger partial charge in [-0.25, -0.2) is 4.98 Å². The molecule has 2 aromatic heterocycles. The lowest BCUT2D eigenvalue weighted by molar-refractivity contribution is 0.0638. The first-order valence-electron chi connectivity index (χ1n) is 14.8. The summed E-state index contributed by atoms with van der Waals surface area (Å²) in [6, 6.07) is 37.8. The topological polar surface area (TPSA) is 66.7 Å². The lowest BCUT2D eigenvalue weighted by Crippen LogP contribution is -2.47. The van der Waals surface area contributed by atoms with Crippen LogP contribution in [-0.4, -0.2) is 38.7 Å². The number of rotatable bonds is 11. The maximum absolute atomic E-state index is 14.7. The average molecular weight is 599 g/mol. The Balaban J connectivity index is 1.35. The number of nitrogens with zero attached hydrogens (tertiary/aromatic N) is 3. The highest BCUT2D eigenvalue weighted by Crippen LogP contribution is 2.27. The van der Waals surface area contributed by atoms with Crippen LogP contribution in [0.4, 0.5) is 0 Å². The molecule has 0 unspecified atom stereocenters. The lowest BCUT2D eigenvalue weighted by Gasteiger charge is -2.33. The Morgan fingerprint density at radius 1 is 0.841 bits per heavy atom. The molecule has 0 saturated carbocycles. The summed E-state index contributed by atoms with van der Waals surface area (Å²) in [7, 11) is 0. The van der Waals surface area contributed by atoms with Crippen LogP contribution < -0.4 is 5.32 Å². The molecule has 0 spiro atoms. The van der Waals surface area contributed by atoms with Crippen LogP contribution in [0.5, 0.6) is 0 Å². The molecule has 0 radical (unpaired) electrons. The van der Waals surface area contributed by atoms with E-state index < -0.39 is 0 Å². The maximum atomic E-state index is 14.7. The predicted octanol–water partition coefficient (Wildman–Crippen LogP) is 7.45. The van der Waals surface area contributed by atoms with Crippen LogP contribution in [0, 0.1) is 6.92 Å². The van der Waals surface area contributed by atoms with Gasteiger partial charge < -0.3 is 10.2 Å². The molecule has 44 heavy (non-hydrogen) atoms. The number of hydrogen-bond acceptors (Lipinski definition) is 4. The standard InChI is InChI=1S/C37H34N4O2S/c1-27-34(40-23-24-44-37(40)39-27)35(42)38-25-31(22-21-28-13-5-2-6-14-28)41(26-29-15-7-3-8-16-29)36(43)33-20-12-11-19-32(33)30-17-9-4-10-18-30/h2-20,23-24,31H,21-22,25-26H2,1H3,(H,38,42)/t31-/m0/s1. The van der Waals surface area contributed by atoms with Gasteiger partial charge in [-0.3, -0.25) is 14.0 Å². The van der Waals surface area contributed by atoms with E-state index in [4.69, 9.17) is 0 Å². The van der Waals surface area contributed by atoms with E-state index in [0.29, 0.717) is 36.5 Å². The van der Waals surface area contributed by atoms with Gasteiger partial charge in [0, 0.05) is 30.2 Å². The molecule has 2 heterocycles. The number of hydrogen-bond donors (Lipinski definition) is 1. The highest BCUT2D eigenvalue weighted by Gasteiger charge is 2.28. The zero-order valence-corrected chi connectivity index (χ0v) is 25.4. The number of aryl methyl sites for hydroxylation is 2. The quantitative estimate of drug-likeness (QED) is 0.169. The zero-order chi connectivity index (χ0) is 30.3. The van der Waals surface area contributed by atoms with E-state index in [0.717, 1.165) is 28.1 Å². The molecule has 220 valence electrons. The van der Waals surface area contributed by atoms with E-state index >= 15 is 0 Å². The second kappa shape index (κ2) is 13.5. The van der Waals surface area contributed by atoms with Crippen molar-refractivity contribution in [1.82, 2.24) is 19.6 Å². The summed E-state index contributed by atoms with van der Waals surface area (Å²) >= 11 is 1.50. The molecule has 6 rings (SSSR count). The summed E-state index contributed by atoms with van der Waals surface area (Å²) in [6.45, 7) is 2.57. The van der Waals surface area contributed by atoms with Gasteiger partial charge in [0.1, 0.15) is 5.69 Å². The number of carbonyl (C=O) groups excluding carboxylic acids is 2. The van der Waals surface area contributed by atoms with E-state index in [1.165, 1.54) is 16.9 Å². The monoisotopic (exact) mass is 598 g/mol. The van der Waals surface area contributed by atoms with Gasteiger partial charge in [0.2, 0.25) is 0 Å². The van der Waals surface area contributed by atoms with Crippen molar-refractivity contribution < 1.29 is 9.59 Å². The SMILES string of the molecule is Cc1nc2sccn2c1C(=O)NC[C@H](CCc1ccccc1)N(Cc1ccccc1)C(=O)c1ccccc1-c1ccccc1. The summed E-state index contributed by atoms with van der Waals surface area (Å²) in [4.78, 5) is 35.5. The van der Waals surface area contributed by atoms with Gasteiger partial charge in [0.25, 0.3) is 11.8 Å². The number of amides is 2. The Morgan fingerprint density at radius 3 is 2.20 bits per heavy atom. The first-order valence-corrected chi connectivity index (χ1v) is 15.7. The van der Waals surface area contributed by atoms with Crippen molar-refractivity contribution in [1.29, 1.82) is 0 Å². The summed E-state index contributed by atoms with van der Waals surface area (Å²) in [5.41, 5.74) is 5.94. The van der Waals surface area contributed by atoms with Crippen molar-refractivity contribution >= 4 is 28.1 Å². The third-order valence-corrected chi connectivity index (χ3v) is 8.66. The van der Waals surface area contributed by atoms with Crippen molar-refractivity contribution in [3.63, 3.8) is 0 Å². The minimum Gasteiger partial charge on any atom is -0.349 e. The normalized spacial score (nSPS) is 11.8. The molecule has 0 aliphatic heterocycles. The first kappa shape index (κ1) is 29.1. The van der Waals surface area contributed by atoms with Gasteiger partial charge >= 0.3 is 0 Å². The number of fused-ring (bicyclic) bond motifs is 1. The Hall–Kier alpha value is -5.01. The Labute approximate surface area is 261 Å². The first-order chi connectivity index (χ1) is 21.6. The number of carbonyl (C=O) groups is 2. The van der Waals surface area contributed by atoms with Gasteiger partial charge in [-0.05, 0) is 48.1 Å². The van der Waals surface area contributed by atoms with Crippen LogP contribution in [0.25, 0.3) is 16.1 Å². The largest absolute Gasteiger partial charge is 0.349 e. The second-order valence-corrected chi connectivity index (χ2v) is 11.7. The minimum absolute atomic E-state index is 0.0682. The van der Waals surface area contributed by atoms with E-state index in [-0.39, 0.29) is 17.9 Å². The second-order valence-electron chi connectivity index (χ2n) is 10.8. The Kier molecular flexibility index (Phi) is 8.94. The van der Waals surface area contributed by atoms with Gasteiger partial charge in [-0.1, -0.05) is 109 Å². The van der Waals surface area contributed by atoms with Crippen molar-refractivity contribution in [2.75, 3.05) is 6.54 Å². The highest BCUT2D eigenvalue weighted by atomic mass is 32.1. The summed E-state index contributed by atoms with van der Waals surface area (Å²) in [5, 5.41) is 5.10. The molecule has 0 aliphatic rings. The summed E-state index contributed by atoms with van der Waals surface area (Å²) in [6.07, 6.45) is 3.31. The Morgan fingerprint density at radius 2 is 1.48 bits per heavy atom. The highest BCUT2D eigenvalue weighted by molar-refractivity contribution is 7.15. The van der Waals surface area contributed by atoms with Crippen molar-refractivity contribution in [2.45, 2.75) is 32.4 Å². The predicted molar refractivity (Wildman–Crippen MR) is 177 cm³/mol. The van der Waals surface area contributed by atoms with Crippen LogP contribution in [0.15, 0.2) is 127 Å². The zero-order valence-electron chi connectivity index (χ0n) is 24.6. The van der Waals surface area contributed by atoms with Crippen LogP contribution in [-0.2, 0) is 13.0 Å². The van der Waals surface area contributed by atoms with Crippen molar-refractivity contribution in [2.24, 2.45) is 0 Å². The van der Waals surface area contributed by atoms with E-state index in [2.05, 4.69) is 22.4 Å². The van der Waals surface area contributed by atoms with Crippen molar-refractivity contribution in [3.8, 4) is 11.1 Å². The third kappa shape index (κ3) is 6.48. The lowest BCUT2D eigenvalue weighted by atomic mass is 9.97. The molecular formula is C37H34N4O2S. The molecular weight excluding hydrogens is 565 g/mol. The van der Waals surface area contributed by atoms with E-state index in [9.17, 15) is 9.59 Å². The third-order valence-electron chi connectivity index (χ3n) is 7.90. The van der Waals surface area contributed by atoms with Crippen LogP contribution in [0.1, 0.15) is 44.1 Å². The van der Waals surface area contributed by atoms with Crippen LogP contribution in [0.2, 0.25) is 0 Å².